The number of rotatable bonds is 6. The van der Waals surface area contributed by atoms with Crippen LogP contribution in [0, 0.1) is 5.92 Å². The van der Waals surface area contributed by atoms with Gasteiger partial charge in [-0.1, -0.05) is 13.8 Å². The molecule has 0 bridgehead atoms. The largest absolute Gasteiger partial charge is 0.348 e. The van der Waals surface area contributed by atoms with Crippen molar-refractivity contribution in [3.8, 4) is 0 Å². The van der Waals surface area contributed by atoms with Crippen LogP contribution in [0.15, 0.2) is 0 Å². The molecule has 0 aromatic carbocycles. The smallest absolute Gasteiger partial charge is 0.236 e. The van der Waals surface area contributed by atoms with Crippen molar-refractivity contribution in [1.29, 1.82) is 0 Å². The van der Waals surface area contributed by atoms with Gasteiger partial charge in [-0.05, 0) is 25.7 Å². The molecule has 0 radical (unpaired) electrons. The van der Waals surface area contributed by atoms with E-state index in [2.05, 4.69) is 26.1 Å². The van der Waals surface area contributed by atoms with Gasteiger partial charge in [0, 0.05) is 20.1 Å². The molecule has 0 aliphatic rings. The zero-order valence-corrected chi connectivity index (χ0v) is 10.1. The van der Waals surface area contributed by atoms with Crippen LogP contribution in [-0.2, 0) is 4.79 Å². The first-order chi connectivity index (χ1) is 6.43. The molecular weight excluding hydrogens is 176 g/mol. The second-order valence-electron chi connectivity index (χ2n) is 4.54. The Morgan fingerprint density at radius 1 is 1.21 bits per heavy atom. The lowest BCUT2D eigenvalue weighted by Crippen LogP contribution is -2.37. The van der Waals surface area contributed by atoms with E-state index in [0.29, 0.717) is 12.6 Å². The van der Waals surface area contributed by atoms with Crippen LogP contribution >= 0.6 is 0 Å². The first-order valence-electron chi connectivity index (χ1n) is 5.37. The number of carbonyl (C=O) groups excluding carboxylic acids is 1. The molecule has 84 valence electrons. The lowest BCUT2D eigenvalue weighted by molar-refractivity contribution is -0.127. The van der Waals surface area contributed by atoms with E-state index in [9.17, 15) is 4.79 Å². The van der Waals surface area contributed by atoms with Crippen LogP contribution in [0.2, 0.25) is 0 Å². The maximum Gasteiger partial charge on any atom is 0.236 e. The second-order valence-corrected chi connectivity index (χ2v) is 4.54. The standard InChI is InChI=1S/C11H24N2O/c1-9(2)6-7-10(3)12-8-11(14)13(4)5/h9-10,12H,6-8H2,1-5H3. The van der Waals surface area contributed by atoms with Crippen LogP contribution < -0.4 is 5.32 Å². The maximum absolute atomic E-state index is 11.2. The molecule has 14 heavy (non-hydrogen) atoms. The van der Waals surface area contributed by atoms with Gasteiger partial charge in [0.05, 0.1) is 6.54 Å². The summed E-state index contributed by atoms with van der Waals surface area (Å²) in [7, 11) is 3.56. The van der Waals surface area contributed by atoms with Crippen LogP contribution in [0.25, 0.3) is 0 Å². The van der Waals surface area contributed by atoms with Gasteiger partial charge in [0.2, 0.25) is 5.91 Å². The van der Waals surface area contributed by atoms with Crippen molar-refractivity contribution in [2.75, 3.05) is 20.6 Å². The molecule has 3 heteroatoms. The summed E-state index contributed by atoms with van der Waals surface area (Å²) >= 11 is 0. The first-order valence-corrected chi connectivity index (χ1v) is 5.37. The molecule has 0 spiro atoms. The van der Waals surface area contributed by atoms with Gasteiger partial charge < -0.3 is 10.2 Å². The molecule has 0 fully saturated rings. The number of amides is 1. The van der Waals surface area contributed by atoms with Crippen LogP contribution in [0.1, 0.15) is 33.6 Å². The first kappa shape index (κ1) is 13.4. The highest BCUT2D eigenvalue weighted by Crippen LogP contribution is 2.05. The van der Waals surface area contributed by atoms with Crippen LogP contribution in [0.3, 0.4) is 0 Å². The molecule has 0 aromatic heterocycles. The second kappa shape index (κ2) is 6.82. The Labute approximate surface area is 87.9 Å². The van der Waals surface area contributed by atoms with Crippen LogP contribution in [-0.4, -0.2) is 37.5 Å². The fourth-order valence-corrected chi connectivity index (χ4v) is 1.11. The Kier molecular flexibility index (Phi) is 6.54. The summed E-state index contributed by atoms with van der Waals surface area (Å²) in [5.74, 6) is 0.880. The lowest BCUT2D eigenvalue weighted by Gasteiger charge is -2.16. The molecule has 0 aliphatic heterocycles. The third-order valence-electron chi connectivity index (χ3n) is 2.28. The highest BCUT2D eigenvalue weighted by Gasteiger charge is 2.07. The van der Waals surface area contributed by atoms with Gasteiger partial charge in [-0.3, -0.25) is 4.79 Å². The summed E-state index contributed by atoms with van der Waals surface area (Å²) in [6, 6.07) is 0.432. The SMILES string of the molecule is CC(C)CCC(C)NCC(=O)N(C)C. The van der Waals surface area contributed by atoms with E-state index in [4.69, 9.17) is 0 Å². The van der Waals surface area contributed by atoms with Gasteiger partial charge >= 0.3 is 0 Å². The summed E-state index contributed by atoms with van der Waals surface area (Å²) in [6.07, 6.45) is 2.35. The van der Waals surface area contributed by atoms with Gasteiger partial charge in [-0.2, -0.15) is 0 Å². The van der Waals surface area contributed by atoms with Crippen molar-refractivity contribution in [2.24, 2.45) is 5.92 Å². The zero-order chi connectivity index (χ0) is 11.1. The van der Waals surface area contributed by atoms with E-state index in [0.717, 1.165) is 12.3 Å². The molecule has 1 atom stereocenters. The number of carbonyl (C=O) groups is 1. The Balaban J connectivity index is 3.53. The zero-order valence-electron chi connectivity index (χ0n) is 10.1. The summed E-state index contributed by atoms with van der Waals surface area (Å²) in [5.41, 5.74) is 0. The predicted octanol–water partition coefficient (Wildman–Crippen LogP) is 1.49. The average molecular weight is 200 g/mol. The van der Waals surface area contributed by atoms with Crippen molar-refractivity contribution < 1.29 is 4.79 Å². The molecule has 1 N–H and O–H groups in total. The number of likely N-dealkylation sites (N-methyl/N-ethyl adjacent to an activating group) is 1. The van der Waals surface area contributed by atoms with Crippen LogP contribution in [0.4, 0.5) is 0 Å². The Morgan fingerprint density at radius 3 is 2.21 bits per heavy atom. The van der Waals surface area contributed by atoms with Crippen molar-refractivity contribution in [1.82, 2.24) is 10.2 Å². The molecule has 0 aromatic rings. The van der Waals surface area contributed by atoms with Gasteiger partial charge in [0.15, 0.2) is 0 Å². The topological polar surface area (TPSA) is 32.3 Å². The molecular formula is C11H24N2O. The third kappa shape index (κ3) is 6.89. The minimum absolute atomic E-state index is 0.140. The van der Waals surface area contributed by atoms with Gasteiger partial charge in [0.25, 0.3) is 0 Å². The van der Waals surface area contributed by atoms with E-state index in [1.165, 1.54) is 6.42 Å². The van der Waals surface area contributed by atoms with Crippen molar-refractivity contribution >= 4 is 5.91 Å². The molecule has 3 nitrogen and oxygen atoms in total. The van der Waals surface area contributed by atoms with Crippen molar-refractivity contribution in [3.63, 3.8) is 0 Å². The number of nitrogens with one attached hydrogen (secondary N) is 1. The Bertz CT molecular complexity index is 167. The Morgan fingerprint density at radius 2 is 1.79 bits per heavy atom. The fourth-order valence-electron chi connectivity index (χ4n) is 1.11. The molecule has 0 saturated heterocycles. The van der Waals surface area contributed by atoms with E-state index in [-0.39, 0.29) is 5.91 Å². The molecule has 1 amide bonds. The highest BCUT2D eigenvalue weighted by atomic mass is 16.2. The summed E-state index contributed by atoms with van der Waals surface area (Å²) in [4.78, 5) is 12.9. The average Bonchev–Trinajstić information content (AvgIpc) is 2.10. The minimum atomic E-state index is 0.140. The predicted molar refractivity (Wildman–Crippen MR) is 60.2 cm³/mol. The normalized spacial score (nSPS) is 13.0. The summed E-state index contributed by atoms with van der Waals surface area (Å²) in [6.45, 7) is 7.02. The van der Waals surface area contributed by atoms with Gasteiger partial charge in [-0.25, -0.2) is 0 Å². The van der Waals surface area contributed by atoms with Crippen molar-refractivity contribution in [2.45, 2.75) is 39.7 Å². The van der Waals surface area contributed by atoms with Gasteiger partial charge in [0.1, 0.15) is 0 Å². The van der Waals surface area contributed by atoms with Crippen LogP contribution in [0.5, 0.6) is 0 Å². The highest BCUT2D eigenvalue weighted by molar-refractivity contribution is 5.77. The van der Waals surface area contributed by atoms with E-state index < -0.39 is 0 Å². The fraction of sp³-hybridized carbons (Fsp3) is 0.909. The number of hydrogen-bond donors (Lipinski definition) is 1. The van der Waals surface area contributed by atoms with Crippen molar-refractivity contribution in [3.05, 3.63) is 0 Å². The quantitative estimate of drug-likeness (QED) is 0.704. The minimum Gasteiger partial charge on any atom is -0.348 e. The molecule has 0 saturated carbocycles. The van der Waals surface area contributed by atoms with E-state index in [1.807, 2.05) is 0 Å². The maximum atomic E-state index is 11.2. The Hall–Kier alpha value is -0.570. The van der Waals surface area contributed by atoms with Gasteiger partial charge in [-0.15, -0.1) is 0 Å². The van der Waals surface area contributed by atoms with E-state index >= 15 is 0 Å². The van der Waals surface area contributed by atoms with E-state index in [1.54, 1.807) is 19.0 Å². The molecule has 0 heterocycles. The summed E-state index contributed by atoms with van der Waals surface area (Å²) in [5, 5.41) is 3.23. The number of hydrogen-bond acceptors (Lipinski definition) is 2. The summed E-state index contributed by atoms with van der Waals surface area (Å²) < 4.78 is 0. The third-order valence-corrected chi connectivity index (χ3v) is 2.28. The molecule has 0 rings (SSSR count). The molecule has 1 unspecified atom stereocenters. The lowest BCUT2D eigenvalue weighted by atomic mass is 10.0. The molecule has 0 aliphatic carbocycles. The number of nitrogens with zero attached hydrogens (tertiary/aromatic N) is 1. The monoisotopic (exact) mass is 200 g/mol.